The monoisotopic (exact) mass is 338 g/mol. The quantitative estimate of drug-likeness (QED) is 0.828. The summed E-state index contributed by atoms with van der Waals surface area (Å²) < 4.78 is 1.00. The van der Waals surface area contributed by atoms with Gasteiger partial charge in [0.05, 0.1) is 6.54 Å². The zero-order valence-electron chi connectivity index (χ0n) is 8.31. The van der Waals surface area contributed by atoms with Gasteiger partial charge in [0.1, 0.15) is 0 Å². The lowest BCUT2D eigenvalue weighted by molar-refractivity contribution is -0.119. The molecule has 82 valence electrons. The van der Waals surface area contributed by atoms with Gasteiger partial charge in [-0.05, 0) is 47.7 Å². The van der Waals surface area contributed by atoms with Crippen molar-refractivity contribution < 1.29 is 4.79 Å². The van der Waals surface area contributed by atoms with Crippen molar-refractivity contribution in [2.24, 2.45) is 0 Å². The molecule has 0 heterocycles. The van der Waals surface area contributed by atoms with Crippen molar-refractivity contribution in [2.75, 3.05) is 18.4 Å². The Morgan fingerprint density at radius 2 is 2.27 bits per heavy atom. The van der Waals surface area contributed by atoms with Crippen LogP contribution >= 0.6 is 34.2 Å². The summed E-state index contributed by atoms with van der Waals surface area (Å²) in [6.45, 7) is 2.83. The Kier molecular flexibility index (Phi) is 5.17. The van der Waals surface area contributed by atoms with Crippen LogP contribution in [0.3, 0.4) is 0 Å². The van der Waals surface area contributed by atoms with E-state index >= 15 is 0 Å². The van der Waals surface area contributed by atoms with Crippen molar-refractivity contribution in [3.05, 3.63) is 26.8 Å². The molecule has 0 unspecified atom stereocenters. The van der Waals surface area contributed by atoms with Gasteiger partial charge in [-0.15, -0.1) is 0 Å². The molecular weight excluding hydrogens is 326 g/mol. The maximum Gasteiger partial charge on any atom is 0.239 e. The third kappa shape index (κ3) is 4.25. The first-order valence-corrected chi connectivity index (χ1v) is 6.04. The predicted molar refractivity (Wildman–Crippen MR) is 71.3 cm³/mol. The Morgan fingerprint density at radius 1 is 1.53 bits per heavy atom. The van der Waals surface area contributed by atoms with Crippen molar-refractivity contribution >= 4 is 45.8 Å². The fraction of sp³-hybridized carbons (Fsp3) is 0.300. The van der Waals surface area contributed by atoms with E-state index in [2.05, 4.69) is 33.2 Å². The maximum atomic E-state index is 11.2. The van der Waals surface area contributed by atoms with Crippen LogP contribution in [0.2, 0.25) is 5.02 Å². The van der Waals surface area contributed by atoms with Gasteiger partial charge in [0.15, 0.2) is 0 Å². The summed E-state index contributed by atoms with van der Waals surface area (Å²) in [5.74, 6) is -0.0109. The predicted octanol–water partition coefficient (Wildman–Crippen LogP) is 2.49. The Bertz CT molecular complexity index is 357. The maximum absolute atomic E-state index is 11.2. The first-order valence-electron chi connectivity index (χ1n) is 4.59. The number of nitrogens with one attached hydrogen (secondary N) is 2. The van der Waals surface area contributed by atoms with Gasteiger partial charge in [-0.2, -0.15) is 0 Å². The number of amides is 1. The summed E-state index contributed by atoms with van der Waals surface area (Å²) in [4.78, 5) is 11.2. The van der Waals surface area contributed by atoms with Crippen LogP contribution in [0.4, 0.5) is 5.69 Å². The highest BCUT2D eigenvalue weighted by Gasteiger charge is 2.02. The fourth-order valence-corrected chi connectivity index (χ4v) is 2.13. The minimum atomic E-state index is -0.0109. The smallest absolute Gasteiger partial charge is 0.239 e. The normalized spacial score (nSPS) is 9.80. The minimum absolute atomic E-state index is 0.0109. The zero-order valence-corrected chi connectivity index (χ0v) is 11.2. The van der Waals surface area contributed by atoms with E-state index in [0.717, 1.165) is 9.26 Å². The van der Waals surface area contributed by atoms with Crippen molar-refractivity contribution in [2.45, 2.75) is 6.92 Å². The minimum Gasteiger partial charge on any atom is -0.375 e. The van der Waals surface area contributed by atoms with Crippen molar-refractivity contribution in [3.8, 4) is 0 Å². The van der Waals surface area contributed by atoms with Gasteiger partial charge < -0.3 is 10.6 Å². The van der Waals surface area contributed by atoms with E-state index in [1.165, 1.54) is 0 Å². The zero-order chi connectivity index (χ0) is 11.3. The lowest BCUT2D eigenvalue weighted by atomic mass is 10.3. The van der Waals surface area contributed by atoms with Crippen molar-refractivity contribution in [1.29, 1.82) is 0 Å². The second-order valence-corrected chi connectivity index (χ2v) is 4.53. The van der Waals surface area contributed by atoms with Crippen LogP contribution < -0.4 is 10.6 Å². The average Bonchev–Trinajstić information content (AvgIpc) is 2.17. The summed E-state index contributed by atoms with van der Waals surface area (Å²) in [5.41, 5.74) is 0.922. The van der Waals surface area contributed by atoms with Gasteiger partial charge in [0.25, 0.3) is 0 Å². The molecular formula is C10H12ClIN2O. The molecule has 0 aliphatic rings. The van der Waals surface area contributed by atoms with Crippen molar-refractivity contribution in [3.63, 3.8) is 0 Å². The number of carbonyl (C=O) groups excluding carboxylic acids is 1. The molecule has 1 rings (SSSR count). The van der Waals surface area contributed by atoms with E-state index in [-0.39, 0.29) is 12.5 Å². The Hall–Kier alpha value is -0.490. The molecule has 0 saturated heterocycles. The standard InChI is InChI=1S/C10H12ClIN2O/c1-2-13-10(15)6-14-9-4-3-7(11)5-8(9)12/h3-5,14H,2,6H2,1H3,(H,13,15). The van der Waals surface area contributed by atoms with E-state index in [1.807, 2.05) is 19.1 Å². The van der Waals surface area contributed by atoms with Gasteiger partial charge in [0.2, 0.25) is 5.91 Å². The van der Waals surface area contributed by atoms with E-state index in [0.29, 0.717) is 11.6 Å². The number of anilines is 1. The molecule has 0 aliphatic heterocycles. The number of carbonyl (C=O) groups is 1. The molecule has 0 fully saturated rings. The summed E-state index contributed by atoms with van der Waals surface area (Å²) in [6, 6.07) is 5.51. The van der Waals surface area contributed by atoms with Crippen LogP contribution in [0.25, 0.3) is 0 Å². The molecule has 0 aromatic heterocycles. The average molecular weight is 339 g/mol. The molecule has 3 nitrogen and oxygen atoms in total. The number of benzene rings is 1. The summed E-state index contributed by atoms with van der Waals surface area (Å²) in [5, 5.41) is 6.46. The number of hydrogen-bond donors (Lipinski definition) is 2. The van der Waals surface area contributed by atoms with Gasteiger partial charge in [0, 0.05) is 20.8 Å². The van der Waals surface area contributed by atoms with E-state index in [4.69, 9.17) is 11.6 Å². The second-order valence-electron chi connectivity index (χ2n) is 2.93. The molecule has 1 amide bonds. The highest BCUT2D eigenvalue weighted by atomic mass is 127. The van der Waals surface area contributed by atoms with E-state index in [9.17, 15) is 4.79 Å². The number of likely N-dealkylation sites (N-methyl/N-ethyl adjacent to an activating group) is 1. The molecule has 0 radical (unpaired) electrons. The van der Waals surface area contributed by atoms with Crippen LogP contribution in [0.1, 0.15) is 6.92 Å². The highest BCUT2D eigenvalue weighted by Crippen LogP contribution is 2.21. The van der Waals surface area contributed by atoms with E-state index in [1.54, 1.807) is 6.07 Å². The molecule has 1 aromatic rings. The summed E-state index contributed by atoms with van der Waals surface area (Å²) >= 11 is 7.99. The molecule has 0 aliphatic carbocycles. The molecule has 15 heavy (non-hydrogen) atoms. The van der Waals surface area contributed by atoms with Crippen molar-refractivity contribution in [1.82, 2.24) is 5.32 Å². The lowest BCUT2D eigenvalue weighted by Crippen LogP contribution is -2.29. The van der Waals surface area contributed by atoms with Crippen LogP contribution in [0, 0.1) is 3.57 Å². The van der Waals surface area contributed by atoms with Gasteiger partial charge in [-0.1, -0.05) is 11.6 Å². The third-order valence-corrected chi connectivity index (χ3v) is 2.87. The van der Waals surface area contributed by atoms with Crippen LogP contribution in [0.5, 0.6) is 0 Å². The lowest BCUT2D eigenvalue weighted by Gasteiger charge is -2.08. The molecule has 0 bridgehead atoms. The Morgan fingerprint density at radius 3 is 2.87 bits per heavy atom. The molecule has 0 saturated carbocycles. The van der Waals surface area contributed by atoms with Crippen LogP contribution in [-0.4, -0.2) is 19.0 Å². The topological polar surface area (TPSA) is 41.1 Å². The van der Waals surface area contributed by atoms with Gasteiger partial charge in [-0.3, -0.25) is 4.79 Å². The summed E-state index contributed by atoms with van der Waals surface area (Å²) in [6.07, 6.45) is 0. The first kappa shape index (κ1) is 12.6. The van der Waals surface area contributed by atoms with E-state index < -0.39 is 0 Å². The van der Waals surface area contributed by atoms with Crippen LogP contribution in [-0.2, 0) is 4.79 Å². The number of hydrogen-bond acceptors (Lipinski definition) is 2. The number of rotatable bonds is 4. The molecule has 2 N–H and O–H groups in total. The Labute approximate surface area is 108 Å². The van der Waals surface area contributed by atoms with Crippen LogP contribution in [0.15, 0.2) is 18.2 Å². The molecule has 5 heteroatoms. The highest BCUT2D eigenvalue weighted by molar-refractivity contribution is 14.1. The largest absolute Gasteiger partial charge is 0.375 e. The summed E-state index contributed by atoms with van der Waals surface area (Å²) in [7, 11) is 0. The second kappa shape index (κ2) is 6.17. The SMILES string of the molecule is CCNC(=O)CNc1ccc(Cl)cc1I. The first-order chi connectivity index (χ1) is 7.13. The molecule has 0 atom stereocenters. The molecule has 1 aromatic carbocycles. The third-order valence-electron chi connectivity index (χ3n) is 1.74. The molecule has 0 spiro atoms. The fourth-order valence-electron chi connectivity index (χ4n) is 1.07. The Balaban J connectivity index is 2.54. The van der Waals surface area contributed by atoms with Gasteiger partial charge in [-0.25, -0.2) is 0 Å². The van der Waals surface area contributed by atoms with Gasteiger partial charge >= 0.3 is 0 Å². The number of halogens is 2.